The number of amides is 2. The number of nitrogens with one attached hydrogen (secondary N) is 2. The Hall–Kier alpha value is -2.95. The minimum atomic E-state index is -4.48. The summed E-state index contributed by atoms with van der Waals surface area (Å²) in [5.74, 6) is -1.95. The summed E-state index contributed by atoms with van der Waals surface area (Å²) < 4.78 is 42.5. The second-order valence-corrected chi connectivity index (χ2v) is 6.19. The van der Waals surface area contributed by atoms with Gasteiger partial charge in [0, 0.05) is 18.0 Å². The number of halogens is 3. The van der Waals surface area contributed by atoms with E-state index in [1.807, 2.05) is 0 Å². The molecule has 1 aromatic heterocycles. The Labute approximate surface area is 155 Å². The molecule has 1 heterocycles. The third-order valence-corrected chi connectivity index (χ3v) is 3.89. The van der Waals surface area contributed by atoms with E-state index < -0.39 is 29.7 Å². The lowest BCUT2D eigenvalue weighted by Crippen LogP contribution is -2.30. The first-order valence-electron chi connectivity index (χ1n) is 7.48. The summed E-state index contributed by atoms with van der Waals surface area (Å²) in [5.41, 5.74) is -0.811. The fraction of sp³-hybridized carbons (Fsp3) is 0.250. The molecule has 11 heteroatoms. The van der Waals surface area contributed by atoms with Crippen molar-refractivity contribution in [3.63, 3.8) is 0 Å². The number of esters is 1. The predicted octanol–water partition coefficient (Wildman–Crippen LogP) is 3.30. The van der Waals surface area contributed by atoms with Crippen LogP contribution in [0.1, 0.15) is 29.9 Å². The summed E-state index contributed by atoms with van der Waals surface area (Å²) in [6.45, 7) is 2.59. The molecule has 1 atom stereocenters. The molecule has 2 amide bonds. The van der Waals surface area contributed by atoms with Crippen molar-refractivity contribution in [2.45, 2.75) is 26.1 Å². The van der Waals surface area contributed by atoms with Crippen molar-refractivity contribution in [2.75, 3.05) is 10.6 Å². The molecule has 0 spiro atoms. The van der Waals surface area contributed by atoms with Crippen LogP contribution in [0.2, 0.25) is 0 Å². The number of ether oxygens (including phenoxy) is 1. The number of carbonyl (C=O) groups excluding carboxylic acids is 3. The van der Waals surface area contributed by atoms with Crippen LogP contribution in [0.5, 0.6) is 0 Å². The van der Waals surface area contributed by atoms with E-state index >= 15 is 0 Å². The number of alkyl halides is 3. The number of thiazole rings is 1. The molecule has 2 rings (SSSR count). The van der Waals surface area contributed by atoms with Crippen molar-refractivity contribution < 1.29 is 32.3 Å². The zero-order chi connectivity index (χ0) is 20.2. The van der Waals surface area contributed by atoms with Gasteiger partial charge in [0.05, 0.1) is 5.56 Å². The number of hydrogen-bond acceptors (Lipinski definition) is 6. The summed E-state index contributed by atoms with van der Waals surface area (Å²) in [7, 11) is 0. The number of aromatic nitrogens is 1. The third kappa shape index (κ3) is 5.78. The lowest BCUT2D eigenvalue weighted by Gasteiger charge is -2.13. The number of anilines is 2. The Morgan fingerprint density at radius 2 is 1.78 bits per heavy atom. The Bertz CT molecular complexity index is 849. The van der Waals surface area contributed by atoms with E-state index in [1.165, 1.54) is 19.2 Å². The zero-order valence-corrected chi connectivity index (χ0v) is 14.9. The maximum Gasteiger partial charge on any atom is 0.416 e. The fourth-order valence-corrected chi connectivity index (χ4v) is 2.56. The van der Waals surface area contributed by atoms with Gasteiger partial charge in [-0.3, -0.25) is 9.59 Å². The van der Waals surface area contributed by atoms with E-state index in [-0.39, 0.29) is 22.4 Å². The van der Waals surface area contributed by atoms with Crippen molar-refractivity contribution in [2.24, 2.45) is 0 Å². The molecule has 0 fully saturated rings. The van der Waals surface area contributed by atoms with Crippen LogP contribution in [-0.4, -0.2) is 28.9 Å². The molecule has 0 aliphatic carbocycles. The normalized spacial score (nSPS) is 12.2. The van der Waals surface area contributed by atoms with Gasteiger partial charge < -0.3 is 15.4 Å². The SMILES string of the molecule is CC(=O)Nc1nc(C(=O)OC(C)C(=O)Nc2ccc(C(F)(F)F)cc2)cs1. The highest BCUT2D eigenvalue weighted by atomic mass is 32.1. The lowest BCUT2D eigenvalue weighted by atomic mass is 10.2. The van der Waals surface area contributed by atoms with Crippen LogP contribution in [0.3, 0.4) is 0 Å². The second kappa shape index (κ2) is 8.16. The van der Waals surface area contributed by atoms with Crippen molar-refractivity contribution in [3.8, 4) is 0 Å². The highest BCUT2D eigenvalue weighted by Crippen LogP contribution is 2.29. The highest BCUT2D eigenvalue weighted by molar-refractivity contribution is 7.14. The lowest BCUT2D eigenvalue weighted by molar-refractivity contribution is -0.137. The topological polar surface area (TPSA) is 97.4 Å². The number of nitrogens with zero attached hydrogens (tertiary/aromatic N) is 1. The van der Waals surface area contributed by atoms with Gasteiger partial charge in [0.15, 0.2) is 16.9 Å². The number of benzene rings is 1. The molecule has 0 saturated heterocycles. The van der Waals surface area contributed by atoms with Crippen LogP contribution >= 0.6 is 11.3 Å². The van der Waals surface area contributed by atoms with E-state index in [4.69, 9.17) is 4.74 Å². The van der Waals surface area contributed by atoms with Crippen molar-refractivity contribution in [3.05, 3.63) is 40.9 Å². The van der Waals surface area contributed by atoms with Crippen molar-refractivity contribution in [1.82, 2.24) is 4.98 Å². The molecule has 144 valence electrons. The van der Waals surface area contributed by atoms with Crippen LogP contribution < -0.4 is 10.6 Å². The van der Waals surface area contributed by atoms with Crippen LogP contribution in [0, 0.1) is 0 Å². The van der Waals surface area contributed by atoms with Crippen LogP contribution in [0.4, 0.5) is 24.0 Å². The standard InChI is InChI=1S/C16H14F3N3O4S/c1-8(26-14(25)12-7-27-15(22-12)20-9(2)23)13(24)21-11-5-3-10(4-6-11)16(17,18)19/h3-8H,1-2H3,(H,21,24)(H,20,22,23). The summed E-state index contributed by atoms with van der Waals surface area (Å²) >= 11 is 1.01. The molecule has 0 radical (unpaired) electrons. The summed E-state index contributed by atoms with van der Waals surface area (Å²) in [5, 5.41) is 6.32. The number of rotatable bonds is 5. The van der Waals surface area contributed by atoms with Gasteiger partial charge >= 0.3 is 12.1 Å². The first-order chi connectivity index (χ1) is 12.6. The maximum absolute atomic E-state index is 12.5. The Balaban J connectivity index is 1.94. The summed E-state index contributed by atoms with van der Waals surface area (Å²) in [6.07, 6.45) is -5.69. The highest BCUT2D eigenvalue weighted by Gasteiger charge is 2.30. The monoisotopic (exact) mass is 401 g/mol. The Kier molecular flexibility index (Phi) is 6.16. The van der Waals surface area contributed by atoms with Gasteiger partial charge in [0.2, 0.25) is 5.91 Å². The molecular formula is C16H14F3N3O4S. The van der Waals surface area contributed by atoms with Crippen LogP contribution in [0.15, 0.2) is 29.6 Å². The van der Waals surface area contributed by atoms with E-state index in [0.29, 0.717) is 0 Å². The number of carbonyl (C=O) groups is 3. The molecule has 2 N–H and O–H groups in total. The minimum absolute atomic E-state index is 0.0852. The smallest absolute Gasteiger partial charge is 0.416 e. The summed E-state index contributed by atoms with van der Waals surface area (Å²) in [6, 6.07) is 3.83. The minimum Gasteiger partial charge on any atom is -0.448 e. The van der Waals surface area contributed by atoms with E-state index in [1.54, 1.807) is 0 Å². The Morgan fingerprint density at radius 1 is 1.15 bits per heavy atom. The average molecular weight is 401 g/mol. The van der Waals surface area contributed by atoms with Gasteiger partial charge in [-0.05, 0) is 31.2 Å². The molecule has 0 aliphatic heterocycles. The van der Waals surface area contributed by atoms with Gasteiger partial charge in [-0.25, -0.2) is 9.78 Å². The second-order valence-electron chi connectivity index (χ2n) is 5.33. The van der Waals surface area contributed by atoms with Crippen LogP contribution in [0.25, 0.3) is 0 Å². The molecule has 27 heavy (non-hydrogen) atoms. The molecule has 2 aromatic rings. The quantitative estimate of drug-likeness (QED) is 0.750. The predicted molar refractivity (Wildman–Crippen MR) is 91.4 cm³/mol. The Morgan fingerprint density at radius 3 is 2.33 bits per heavy atom. The zero-order valence-electron chi connectivity index (χ0n) is 14.1. The van der Waals surface area contributed by atoms with Crippen molar-refractivity contribution >= 4 is 39.9 Å². The fourth-order valence-electron chi connectivity index (χ4n) is 1.84. The van der Waals surface area contributed by atoms with Gasteiger partial charge in [-0.2, -0.15) is 13.2 Å². The summed E-state index contributed by atoms with van der Waals surface area (Å²) in [4.78, 5) is 38.8. The average Bonchev–Trinajstić information content (AvgIpc) is 3.02. The van der Waals surface area contributed by atoms with E-state index in [9.17, 15) is 27.6 Å². The number of hydrogen-bond donors (Lipinski definition) is 2. The maximum atomic E-state index is 12.5. The largest absolute Gasteiger partial charge is 0.448 e. The van der Waals surface area contributed by atoms with Gasteiger partial charge in [-0.15, -0.1) is 11.3 Å². The first kappa shape index (κ1) is 20.4. The molecule has 1 unspecified atom stereocenters. The van der Waals surface area contributed by atoms with E-state index in [0.717, 1.165) is 35.6 Å². The molecule has 0 aliphatic rings. The third-order valence-electron chi connectivity index (χ3n) is 3.13. The van der Waals surface area contributed by atoms with Gasteiger partial charge in [0.1, 0.15) is 0 Å². The van der Waals surface area contributed by atoms with Gasteiger partial charge in [0.25, 0.3) is 5.91 Å². The molecule has 0 bridgehead atoms. The first-order valence-corrected chi connectivity index (χ1v) is 8.36. The molecule has 7 nitrogen and oxygen atoms in total. The molecule has 1 aromatic carbocycles. The molecular weight excluding hydrogens is 387 g/mol. The molecule has 0 saturated carbocycles. The van der Waals surface area contributed by atoms with E-state index in [2.05, 4.69) is 15.6 Å². The van der Waals surface area contributed by atoms with Crippen LogP contribution in [-0.2, 0) is 20.5 Å². The van der Waals surface area contributed by atoms with Gasteiger partial charge in [-0.1, -0.05) is 0 Å². The van der Waals surface area contributed by atoms with Crippen molar-refractivity contribution in [1.29, 1.82) is 0 Å².